The molecule has 39 heavy (non-hydrogen) atoms. The predicted octanol–water partition coefficient (Wildman–Crippen LogP) is -2.28. The molecular formula is C26H43N9O4. The third kappa shape index (κ3) is 12.3. The van der Waals surface area contributed by atoms with E-state index in [1.165, 1.54) is 11.8 Å². The van der Waals surface area contributed by atoms with Crippen LogP contribution < -0.4 is 44.2 Å². The van der Waals surface area contributed by atoms with E-state index < -0.39 is 35.8 Å². The summed E-state index contributed by atoms with van der Waals surface area (Å²) >= 11 is 0. The van der Waals surface area contributed by atoms with E-state index in [0.29, 0.717) is 26.0 Å². The van der Waals surface area contributed by atoms with E-state index in [2.05, 4.69) is 27.8 Å². The van der Waals surface area contributed by atoms with Crippen molar-refractivity contribution in [3.8, 4) is 0 Å². The molecule has 1 aromatic rings. The Kier molecular flexibility index (Phi) is 14.7. The van der Waals surface area contributed by atoms with Crippen molar-refractivity contribution < 1.29 is 19.2 Å². The van der Waals surface area contributed by atoms with E-state index in [4.69, 9.17) is 22.9 Å². The Morgan fingerprint density at radius 3 is 2.23 bits per heavy atom. The molecule has 0 fully saturated rings. The second kappa shape index (κ2) is 17.4. The molecule has 13 heteroatoms. The number of primary amides is 1. The molecule has 0 aliphatic carbocycles. The van der Waals surface area contributed by atoms with Crippen molar-refractivity contribution in [1.82, 2.24) is 26.2 Å². The molecule has 0 heterocycles. The van der Waals surface area contributed by atoms with Gasteiger partial charge in [-0.3, -0.25) is 19.2 Å². The van der Waals surface area contributed by atoms with Crippen LogP contribution in [0.4, 0.5) is 0 Å². The van der Waals surface area contributed by atoms with Gasteiger partial charge in [-0.1, -0.05) is 36.9 Å². The van der Waals surface area contributed by atoms with Crippen molar-refractivity contribution in [3.63, 3.8) is 0 Å². The summed E-state index contributed by atoms with van der Waals surface area (Å²) in [6.07, 6.45) is 1.74. The summed E-state index contributed by atoms with van der Waals surface area (Å²) in [4.78, 5) is 51.1. The summed E-state index contributed by atoms with van der Waals surface area (Å²) in [5.74, 6) is -1.98. The summed E-state index contributed by atoms with van der Waals surface area (Å²) in [5, 5.41) is 11.5. The highest BCUT2D eigenvalue weighted by Gasteiger charge is 2.29. The summed E-state index contributed by atoms with van der Waals surface area (Å²) in [5.41, 5.74) is 24.0. The highest BCUT2D eigenvalue weighted by atomic mass is 16.2. The van der Waals surface area contributed by atoms with E-state index in [9.17, 15) is 19.2 Å². The van der Waals surface area contributed by atoms with Crippen LogP contribution >= 0.6 is 0 Å². The number of carbonyl (C=O) groups is 4. The first-order valence-corrected chi connectivity index (χ1v) is 12.7. The van der Waals surface area contributed by atoms with Gasteiger partial charge in [-0.25, -0.2) is 0 Å². The lowest BCUT2D eigenvalue weighted by atomic mass is 10.0. The Morgan fingerprint density at radius 1 is 1.03 bits per heavy atom. The zero-order chi connectivity index (χ0) is 29.4. The standard InChI is InChI=1S/C26H43N9O4/c1-17(13-27)32-18(2)15-31-9-10-35(16-36)19(3)25(38)34-23(12-21(29)14-28)26(39)33-22(24(30)37)11-20-7-5-4-6-8-20/h4-8,14,16,18-19,22-23,31-32H,1,9-13,15,27-29H2,2-3H3,(H2,30,37)(H,33,39)(H,34,38)/b21-14-/t18?,19?,22?,23-/m0/s1. The molecule has 216 valence electrons. The number of rotatable bonds is 19. The number of nitrogens with zero attached hydrogens (tertiary/aromatic N) is 1. The average Bonchev–Trinajstić information content (AvgIpc) is 2.92. The summed E-state index contributed by atoms with van der Waals surface area (Å²) in [6.45, 7) is 8.87. The van der Waals surface area contributed by atoms with Gasteiger partial charge in [-0.2, -0.15) is 0 Å². The van der Waals surface area contributed by atoms with Crippen molar-refractivity contribution in [2.24, 2.45) is 22.9 Å². The van der Waals surface area contributed by atoms with Crippen molar-refractivity contribution in [2.75, 3.05) is 26.2 Å². The molecule has 3 unspecified atom stereocenters. The molecule has 4 amide bonds. The third-order valence-corrected chi connectivity index (χ3v) is 5.94. The predicted molar refractivity (Wildman–Crippen MR) is 150 cm³/mol. The van der Waals surface area contributed by atoms with E-state index >= 15 is 0 Å². The first-order valence-electron chi connectivity index (χ1n) is 12.7. The Balaban J connectivity index is 2.80. The Labute approximate surface area is 229 Å². The van der Waals surface area contributed by atoms with Gasteiger partial charge in [-0.05, 0) is 19.4 Å². The van der Waals surface area contributed by atoms with Crippen LogP contribution in [0.25, 0.3) is 0 Å². The van der Waals surface area contributed by atoms with Crippen LogP contribution in [0.15, 0.2) is 54.5 Å². The zero-order valence-corrected chi connectivity index (χ0v) is 22.7. The van der Waals surface area contributed by atoms with Crippen LogP contribution in [-0.4, -0.2) is 79.4 Å². The highest BCUT2D eigenvalue weighted by Crippen LogP contribution is 2.06. The van der Waals surface area contributed by atoms with Crippen molar-refractivity contribution in [2.45, 2.75) is 50.9 Å². The summed E-state index contributed by atoms with van der Waals surface area (Å²) in [7, 11) is 0. The SMILES string of the molecule is C=C(CN)NC(C)CNCCN(C=O)C(C)C(=O)N[C@@H](C/C(N)=C/N)C(=O)NC(Cc1ccccc1)C(N)=O. The van der Waals surface area contributed by atoms with Gasteiger partial charge >= 0.3 is 0 Å². The van der Waals surface area contributed by atoms with Gasteiger partial charge in [-0.15, -0.1) is 0 Å². The van der Waals surface area contributed by atoms with E-state index in [1.807, 2.05) is 13.0 Å². The molecule has 0 radical (unpaired) electrons. The molecule has 13 nitrogen and oxygen atoms in total. The molecule has 0 saturated heterocycles. The van der Waals surface area contributed by atoms with Crippen molar-refractivity contribution >= 4 is 24.1 Å². The second-order valence-electron chi connectivity index (χ2n) is 9.24. The topological polar surface area (TPSA) is 224 Å². The average molecular weight is 546 g/mol. The Bertz CT molecular complexity index is 987. The molecule has 4 atom stereocenters. The molecule has 0 spiro atoms. The quantitative estimate of drug-likeness (QED) is 0.0691. The number of hydrogen-bond donors (Lipinski definition) is 8. The van der Waals surface area contributed by atoms with Gasteiger partial charge in [0.15, 0.2) is 0 Å². The van der Waals surface area contributed by atoms with E-state index in [1.54, 1.807) is 24.3 Å². The molecule has 0 aliphatic rings. The smallest absolute Gasteiger partial charge is 0.243 e. The summed E-state index contributed by atoms with van der Waals surface area (Å²) < 4.78 is 0. The number of carbonyl (C=O) groups excluding carboxylic acids is 4. The Morgan fingerprint density at radius 2 is 1.67 bits per heavy atom. The first kappa shape index (κ1) is 32.9. The normalized spacial score (nSPS) is 14.3. The Hall–Kier alpha value is -4.10. The number of benzene rings is 1. The monoisotopic (exact) mass is 545 g/mol. The maximum Gasteiger partial charge on any atom is 0.243 e. The fourth-order valence-electron chi connectivity index (χ4n) is 3.62. The highest BCUT2D eigenvalue weighted by molar-refractivity contribution is 5.93. The van der Waals surface area contributed by atoms with Crippen LogP contribution in [0.3, 0.4) is 0 Å². The number of amides is 4. The van der Waals surface area contributed by atoms with Crippen LogP contribution in [0.5, 0.6) is 0 Å². The van der Waals surface area contributed by atoms with Gasteiger partial charge in [0, 0.05) is 62.7 Å². The molecular weight excluding hydrogens is 502 g/mol. The van der Waals surface area contributed by atoms with Gasteiger partial charge < -0.3 is 49.1 Å². The molecule has 0 aliphatic heterocycles. The lowest BCUT2D eigenvalue weighted by molar-refractivity contribution is -0.135. The molecule has 12 N–H and O–H groups in total. The maximum absolute atomic E-state index is 13.1. The van der Waals surface area contributed by atoms with Gasteiger partial charge in [0.25, 0.3) is 0 Å². The second-order valence-corrected chi connectivity index (χ2v) is 9.24. The van der Waals surface area contributed by atoms with Crippen molar-refractivity contribution in [3.05, 3.63) is 60.1 Å². The third-order valence-electron chi connectivity index (χ3n) is 5.94. The molecule has 1 aromatic carbocycles. The fourth-order valence-corrected chi connectivity index (χ4v) is 3.62. The number of nitrogens with one attached hydrogen (secondary N) is 4. The minimum Gasteiger partial charge on any atom is -0.403 e. The largest absolute Gasteiger partial charge is 0.403 e. The lowest BCUT2D eigenvalue weighted by Gasteiger charge is -2.28. The van der Waals surface area contributed by atoms with Crippen LogP contribution in [-0.2, 0) is 25.6 Å². The number of hydrogen-bond acceptors (Lipinski definition) is 9. The fraction of sp³-hybridized carbons (Fsp3) is 0.462. The summed E-state index contributed by atoms with van der Waals surface area (Å²) in [6, 6.07) is 6.03. The van der Waals surface area contributed by atoms with Crippen molar-refractivity contribution in [1.29, 1.82) is 0 Å². The molecule has 0 bridgehead atoms. The molecule has 0 saturated carbocycles. The lowest BCUT2D eigenvalue weighted by Crippen LogP contribution is -2.56. The molecule has 0 aromatic heterocycles. The van der Waals surface area contributed by atoms with Gasteiger partial charge in [0.1, 0.15) is 18.1 Å². The number of nitrogens with two attached hydrogens (primary N) is 4. The molecule has 1 rings (SSSR count). The maximum atomic E-state index is 13.1. The van der Waals surface area contributed by atoms with Gasteiger partial charge in [0.2, 0.25) is 24.1 Å². The van der Waals surface area contributed by atoms with Gasteiger partial charge in [0.05, 0.1) is 0 Å². The van der Waals surface area contributed by atoms with E-state index in [-0.39, 0.29) is 31.1 Å². The zero-order valence-electron chi connectivity index (χ0n) is 22.7. The first-order chi connectivity index (χ1) is 18.5. The minimum atomic E-state index is -1.16. The minimum absolute atomic E-state index is 0.0675. The van der Waals surface area contributed by atoms with Crippen LogP contribution in [0.1, 0.15) is 25.8 Å². The van der Waals surface area contributed by atoms with Crippen LogP contribution in [0.2, 0.25) is 0 Å². The van der Waals surface area contributed by atoms with Crippen LogP contribution in [0, 0.1) is 0 Å². The van der Waals surface area contributed by atoms with E-state index in [0.717, 1.165) is 17.5 Å².